The molecule has 1 fully saturated rings. The van der Waals surface area contributed by atoms with Gasteiger partial charge in [-0.1, -0.05) is 26.0 Å². The van der Waals surface area contributed by atoms with Gasteiger partial charge in [0, 0.05) is 32.6 Å². The van der Waals surface area contributed by atoms with Gasteiger partial charge in [0.1, 0.15) is 0 Å². The van der Waals surface area contributed by atoms with Crippen molar-refractivity contribution in [1.82, 2.24) is 5.32 Å². The minimum atomic E-state index is -3.51. The third-order valence-corrected chi connectivity index (χ3v) is 5.67. The molecule has 152 valence electrons. The van der Waals surface area contributed by atoms with Gasteiger partial charge in [0.15, 0.2) is 0 Å². The summed E-state index contributed by atoms with van der Waals surface area (Å²) in [5.74, 6) is 0.381. The summed E-state index contributed by atoms with van der Waals surface area (Å²) in [6.45, 7) is 7.58. The minimum absolute atomic E-state index is 0.119. The number of rotatable bonds is 9. The van der Waals surface area contributed by atoms with E-state index in [2.05, 4.69) is 24.1 Å². The van der Waals surface area contributed by atoms with Crippen molar-refractivity contribution in [2.45, 2.75) is 26.7 Å². The van der Waals surface area contributed by atoms with Crippen molar-refractivity contribution in [2.75, 3.05) is 54.9 Å². The van der Waals surface area contributed by atoms with Crippen LogP contribution in [0.25, 0.3) is 0 Å². The third kappa shape index (κ3) is 6.70. The standard InChI is InChI=1S/C19H31N3O4S/c1-16(2)8-10-20-19(23)9-11-22(27(3,24)25)18-7-5-4-6-17(18)21-12-14-26-15-13-21/h4-7,16H,8-15H2,1-3H3,(H,20,23). The first-order valence-electron chi connectivity index (χ1n) is 9.45. The van der Waals surface area contributed by atoms with Gasteiger partial charge in [-0.15, -0.1) is 0 Å². The molecule has 1 heterocycles. The summed E-state index contributed by atoms with van der Waals surface area (Å²) >= 11 is 0. The monoisotopic (exact) mass is 397 g/mol. The molecule has 2 rings (SSSR count). The van der Waals surface area contributed by atoms with Crippen molar-refractivity contribution < 1.29 is 17.9 Å². The lowest BCUT2D eigenvalue weighted by Crippen LogP contribution is -2.39. The molecule has 0 aromatic heterocycles. The topological polar surface area (TPSA) is 79.0 Å². The van der Waals surface area contributed by atoms with E-state index in [1.807, 2.05) is 18.2 Å². The highest BCUT2D eigenvalue weighted by Gasteiger charge is 2.24. The van der Waals surface area contributed by atoms with E-state index in [-0.39, 0.29) is 18.9 Å². The third-order valence-electron chi connectivity index (χ3n) is 4.49. The van der Waals surface area contributed by atoms with Crippen molar-refractivity contribution in [3.63, 3.8) is 0 Å². The zero-order valence-corrected chi connectivity index (χ0v) is 17.3. The molecule has 7 nitrogen and oxygen atoms in total. The van der Waals surface area contributed by atoms with Crippen LogP contribution in [-0.4, -0.2) is 60.0 Å². The molecule has 0 unspecified atom stereocenters. The van der Waals surface area contributed by atoms with Crippen LogP contribution >= 0.6 is 0 Å². The Bertz CT molecular complexity index is 715. The average molecular weight is 398 g/mol. The molecular formula is C19H31N3O4S. The molecular weight excluding hydrogens is 366 g/mol. The smallest absolute Gasteiger partial charge is 0.232 e. The normalized spacial score (nSPS) is 15.0. The fraction of sp³-hybridized carbons (Fsp3) is 0.632. The highest BCUT2D eigenvalue weighted by molar-refractivity contribution is 7.92. The van der Waals surface area contributed by atoms with Crippen LogP contribution in [0, 0.1) is 5.92 Å². The number of para-hydroxylation sites is 2. The van der Waals surface area contributed by atoms with Crippen molar-refractivity contribution in [3.8, 4) is 0 Å². The molecule has 1 aliphatic heterocycles. The van der Waals surface area contributed by atoms with Crippen LogP contribution in [0.5, 0.6) is 0 Å². The van der Waals surface area contributed by atoms with Crippen LogP contribution in [0.2, 0.25) is 0 Å². The molecule has 0 radical (unpaired) electrons. The first-order chi connectivity index (χ1) is 12.8. The summed E-state index contributed by atoms with van der Waals surface area (Å²) in [5.41, 5.74) is 1.46. The van der Waals surface area contributed by atoms with E-state index in [4.69, 9.17) is 4.74 Å². The number of anilines is 2. The lowest BCUT2D eigenvalue weighted by atomic mass is 10.1. The van der Waals surface area contributed by atoms with Crippen molar-refractivity contribution >= 4 is 27.3 Å². The predicted octanol–water partition coefficient (Wildman–Crippen LogP) is 1.84. The lowest BCUT2D eigenvalue weighted by Gasteiger charge is -2.33. The Morgan fingerprint density at radius 2 is 1.93 bits per heavy atom. The quantitative estimate of drug-likeness (QED) is 0.688. The first-order valence-corrected chi connectivity index (χ1v) is 11.3. The van der Waals surface area contributed by atoms with Crippen LogP contribution in [-0.2, 0) is 19.6 Å². The molecule has 0 atom stereocenters. The van der Waals surface area contributed by atoms with Crippen molar-refractivity contribution in [2.24, 2.45) is 5.92 Å². The zero-order valence-electron chi connectivity index (χ0n) is 16.5. The number of amides is 1. The highest BCUT2D eigenvalue weighted by atomic mass is 32.2. The number of carbonyl (C=O) groups excluding carboxylic acids is 1. The van der Waals surface area contributed by atoms with Gasteiger partial charge in [-0.05, 0) is 24.5 Å². The van der Waals surface area contributed by atoms with E-state index >= 15 is 0 Å². The Labute approximate surface area is 162 Å². The van der Waals surface area contributed by atoms with Gasteiger partial charge in [-0.3, -0.25) is 9.10 Å². The number of nitrogens with zero attached hydrogens (tertiary/aromatic N) is 2. The molecule has 1 aromatic carbocycles. The SMILES string of the molecule is CC(C)CCNC(=O)CCN(c1ccccc1N1CCOCC1)S(C)(=O)=O. The molecule has 1 amide bonds. The molecule has 0 spiro atoms. The fourth-order valence-electron chi connectivity index (χ4n) is 3.00. The van der Waals surface area contributed by atoms with E-state index in [9.17, 15) is 13.2 Å². The summed E-state index contributed by atoms with van der Waals surface area (Å²) in [7, 11) is -3.51. The maximum Gasteiger partial charge on any atom is 0.232 e. The Balaban J connectivity index is 2.12. The number of morpholine rings is 1. The Hall–Kier alpha value is -1.80. The summed E-state index contributed by atoms with van der Waals surface area (Å²) in [5, 5.41) is 2.86. The van der Waals surface area contributed by atoms with Crippen LogP contribution < -0.4 is 14.5 Å². The molecule has 0 bridgehead atoms. The Kier molecular flexibility index (Phi) is 7.91. The summed E-state index contributed by atoms with van der Waals surface area (Å²) < 4.78 is 31.6. The van der Waals surface area contributed by atoms with E-state index in [1.54, 1.807) is 6.07 Å². The van der Waals surface area contributed by atoms with Crippen molar-refractivity contribution in [3.05, 3.63) is 24.3 Å². The van der Waals surface area contributed by atoms with E-state index < -0.39 is 10.0 Å². The summed E-state index contributed by atoms with van der Waals surface area (Å²) in [4.78, 5) is 14.2. The number of hydrogen-bond donors (Lipinski definition) is 1. The summed E-state index contributed by atoms with van der Waals surface area (Å²) in [6, 6.07) is 7.43. The average Bonchev–Trinajstić information content (AvgIpc) is 2.61. The molecule has 1 aromatic rings. The van der Waals surface area contributed by atoms with Gasteiger partial charge in [-0.2, -0.15) is 0 Å². The van der Waals surface area contributed by atoms with Gasteiger partial charge in [-0.25, -0.2) is 8.42 Å². The van der Waals surface area contributed by atoms with Gasteiger partial charge >= 0.3 is 0 Å². The zero-order chi connectivity index (χ0) is 19.9. The second-order valence-corrected chi connectivity index (χ2v) is 9.11. The Morgan fingerprint density at radius 3 is 2.56 bits per heavy atom. The summed E-state index contributed by atoms with van der Waals surface area (Å²) in [6.07, 6.45) is 2.21. The minimum Gasteiger partial charge on any atom is -0.378 e. The molecule has 0 aliphatic carbocycles. The van der Waals surface area contributed by atoms with Gasteiger partial charge in [0.25, 0.3) is 0 Å². The van der Waals surface area contributed by atoms with Crippen LogP contribution in [0.4, 0.5) is 11.4 Å². The lowest BCUT2D eigenvalue weighted by molar-refractivity contribution is -0.120. The first kappa shape index (κ1) is 21.5. The largest absolute Gasteiger partial charge is 0.378 e. The van der Waals surface area contributed by atoms with Gasteiger partial charge in [0.05, 0.1) is 30.8 Å². The number of carbonyl (C=O) groups is 1. The highest BCUT2D eigenvalue weighted by Crippen LogP contribution is 2.31. The maximum atomic E-state index is 12.4. The van der Waals surface area contributed by atoms with E-state index in [0.29, 0.717) is 44.5 Å². The maximum absolute atomic E-state index is 12.4. The number of hydrogen-bond acceptors (Lipinski definition) is 5. The van der Waals surface area contributed by atoms with Gasteiger partial charge < -0.3 is 15.0 Å². The second kappa shape index (κ2) is 9.94. The number of benzene rings is 1. The number of ether oxygens (including phenoxy) is 1. The van der Waals surface area contributed by atoms with Crippen LogP contribution in [0.3, 0.4) is 0 Å². The molecule has 27 heavy (non-hydrogen) atoms. The molecule has 8 heteroatoms. The molecule has 0 saturated carbocycles. The molecule has 1 saturated heterocycles. The van der Waals surface area contributed by atoms with E-state index in [1.165, 1.54) is 10.6 Å². The van der Waals surface area contributed by atoms with Gasteiger partial charge in [0.2, 0.25) is 15.9 Å². The molecule has 1 N–H and O–H groups in total. The predicted molar refractivity (Wildman–Crippen MR) is 109 cm³/mol. The number of sulfonamides is 1. The van der Waals surface area contributed by atoms with Crippen LogP contribution in [0.1, 0.15) is 26.7 Å². The molecule has 1 aliphatic rings. The Morgan fingerprint density at radius 1 is 1.26 bits per heavy atom. The number of nitrogens with one attached hydrogen (secondary N) is 1. The fourth-order valence-corrected chi connectivity index (χ4v) is 3.94. The van der Waals surface area contributed by atoms with E-state index in [0.717, 1.165) is 12.1 Å². The van der Waals surface area contributed by atoms with Crippen molar-refractivity contribution in [1.29, 1.82) is 0 Å². The van der Waals surface area contributed by atoms with Crippen LogP contribution in [0.15, 0.2) is 24.3 Å². The second-order valence-electron chi connectivity index (χ2n) is 7.21.